The maximum absolute atomic E-state index is 12.7. The number of hydrogen-bond acceptors (Lipinski definition) is 4. The first-order valence-electron chi connectivity index (χ1n) is 6.89. The van der Waals surface area contributed by atoms with E-state index in [0.717, 1.165) is 19.3 Å². The summed E-state index contributed by atoms with van der Waals surface area (Å²) in [5.41, 5.74) is 6.17. The summed E-state index contributed by atoms with van der Waals surface area (Å²) in [5.74, 6) is 0.977. The lowest BCUT2D eigenvalue weighted by Gasteiger charge is -2.20. The van der Waals surface area contributed by atoms with Gasteiger partial charge < -0.3 is 10.5 Å². The van der Waals surface area contributed by atoms with Crippen LogP contribution in [-0.2, 0) is 10.0 Å². The van der Waals surface area contributed by atoms with Crippen molar-refractivity contribution in [3.05, 3.63) is 18.2 Å². The van der Waals surface area contributed by atoms with Crippen LogP contribution in [0.1, 0.15) is 26.2 Å². The monoisotopic (exact) mass is 298 g/mol. The molecule has 2 rings (SSSR count). The molecule has 0 saturated carbocycles. The van der Waals surface area contributed by atoms with Gasteiger partial charge in [0.05, 0.1) is 17.7 Å². The number of hydrogen-bond donors (Lipinski definition) is 1. The van der Waals surface area contributed by atoms with Gasteiger partial charge in [-0.05, 0) is 37.3 Å². The highest BCUT2D eigenvalue weighted by atomic mass is 32.2. The lowest BCUT2D eigenvalue weighted by molar-refractivity contribution is 0.409. The minimum Gasteiger partial charge on any atom is -0.495 e. The molecule has 0 bridgehead atoms. The largest absolute Gasteiger partial charge is 0.495 e. The number of nitrogen functional groups attached to an aromatic ring is 1. The Kier molecular flexibility index (Phi) is 4.55. The zero-order valence-corrected chi connectivity index (χ0v) is 12.8. The van der Waals surface area contributed by atoms with Gasteiger partial charge in [-0.2, -0.15) is 4.31 Å². The van der Waals surface area contributed by atoms with Crippen LogP contribution < -0.4 is 10.5 Å². The van der Waals surface area contributed by atoms with Crippen molar-refractivity contribution in [2.75, 3.05) is 25.9 Å². The molecule has 1 aliphatic rings. The molecule has 0 aliphatic carbocycles. The zero-order chi connectivity index (χ0) is 14.8. The van der Waals surface area contributed by atoms with Crippen molar-refractivity contribution in [1.29, 1.82) is 0 Å². The van der Waals surface area contributed by atoms with Gasteiger partial charge in [0, 0.05) is 19.2 Å². The van der Waals surface area contributed by atoms with Crippen molar-refractivity contribution in [2.45, 2.75) is 31.1 Å². The number of nitrogens with zero attached hydrogens (tertiary/aromatic N) is 1. The molecule has 1 aromatic rings. The van der Waals surface area contributed by atoms with Gasteiger partial charge in [0.15, 0.2) is 0 Å². The normalized spacial score (nSPS) is 21.4. The van der Waals surface area contributed by atoms with Crippen LogP contribution in [-0.4, -0.2) is 32.9 Å². The Morgan fingerprint density at radius 2 is 2.05 bits per heavy atom. The number of methoxy groups -OCH3 is 1. The third-order valence-corrected chi connectivity index (χ3v) is 5.71. The summed E-state index contributed by atoms with van der Waals surface area (Å²) in [4.78, 5) is 0.248. The van der Waals surface area contributed by atoms with E-state index in [1.165, 1.54) is 13.2 Å². The number of anilines is 1. The predicted octanol–water partition coefficient (Wildman–Crippen LogP) is 2.09. The van der Waals surface area contributed by atoms with Crippen LogP contribution in [0.25, 0.3) is 0 Å². The molecule has 1 aliphatic heterocycles. The highest BCUT2D eigenvalue weighted by Gasteiger charge is 2.27. The third kappa shape index (κ3) is 3.07. The molecule has 0 aromatic heterocycles. The Morgan fingerprint density at radius 1 is 1.30 bits per heavy atom. The first-order chi connectivity index (χ1) is 9.45. The van der Waals surface area contributed by atoms with E-state index in [2.05, 4.69) is 6.92 Å². The summed E-state index contributed by atoms with van der Waals surface area (Å²) in [6.07, 6.45) is 2.90. The molecule has 1 unspecified atom stereocenters. The molecule has 0 radical (unpaired) electrons. The molecule has 2 N–H and O–H groups in total. The SMILES string of the molecule is COc1cc(S(=O)(=O)N2CCCC(C)CC2)ccc1N. The Balaban J connectivity index is 2.29. The first-order valence-corrected chi connectivity index (χ1v) is 8.33. The minimum atomic E-state index is -3.46. The molecule has 1 saturated heterocycles. The average molecular weight is 298 g/mol. The summed E-state index contributed by atoms with van der Waals surface area (Å²) in [5, 5.41) is 0. The summed E-state index contributed by atoms with van der Waals surface area (Å²) in [7, 11) is -1.98. The van der Waals surface area contributed by atoms with Crippen molar-refractivity contribution < 1.29 is 13.2 Å². The van der Waals surface area contributed by atoms with E-state index < -0.39 is 10.0 Å². The molecule has 5 nitrogen and oxygen atoms in total. The van der Waals surface area contributed by atoms with Gasteiger partial charge in [-0.25, -0.2) is 8.42 Å². The number of ether oxygens (including phenoxy) is 1. The molecule has 1 fully saturated rings. The average Bonchev–Trinajstić information content (AvgIpc) is 2.64. The Morgan fingerprint density at radius 3 is 2.75 bits per heavy atom. The van der Waals surface area contributed by atoms with E-state index >= 15 is 0 Å². The molecule has 1 atom stereocenters. The zero-order valence-electron chi connectivity index (χ0n) is 12.0. The lowest BCUT2D eigenvalue weighted by atomic mass is 10.0. The summed E-state index contributed by atoms with van der Waals surface area (Å²) in [6.45, 7) is 3.33. The van der Waals surface area contributed by atoms with Crippen LogP contribution in [0.2, 0.25) is 0 Å². The van der Waals surface area contributed by atoms with Crippen LogP contribution in [0.3, 0.4) is 0 Å². The quantitative estimate of drug-likeness (QED) is 0.867. The summed E-state index contributed by atoms with van der Waals surface area (Å²) >= 11 is 0. The van der Waals surface area contributed by atoms with Gasteiger partial charge in [-0.1, -0.05) is 6.92 Å². The van der Waals surface area contributed by atoms with Crippen LogP contribution in [0.15, 0.2) is 23.1 Å². The second-order valence-electron chi connectivity index (χ2n) is 5.34. The van der Waals surface area contributed by atoms with E-state index in [-0.39, 0.29) is 4.90 Å². The third-order valence-electron chi connectivity index (χ3n) is 3.82. The highest BCUT2D eigenvalue weighted by molar-refractivity contribution is 7.89. The van der Waals surface area contributed by atoms with Gasteiger partial charge in [0.1, 0.15) is 5.75 Å². The Hall–Kier alpha value is -1.27. The van der Waals surface area contributed by atoms with Crippen molar-refractivity contribution in [3.63, 3.8) is 0 Å². The molecule has 6 heteroatoms. The van der Waals surface area contributed by atoms with Crippen molar-refractivity contribution in [2.24, 2.45) is 5.92 Å². The molecule has 20 heavy (non-hydrogen) atoms. The van der Waals surface area contributed by atoms with E-state index in [9.17, 15) is 8.42 Å². The Bertz CT molecular complexity index is 572. The maximum Gasteiger partial charge on any atom is 0.243 e. The van der Waals surface area contributed by atoms with Crippen LogP contribution >= 0.6 is 0 Å². The number of sulfonamides is 1. The van der Waals surface area contributed by atoms with E-state index in [1.807, 2.05) is 0 Å². The van der Waals surface area contributed by atoms with E-state index in [0.29, 0.717) is 30.4 Å². The van der Waals surface area contributed by atoms with Gasteiger partial charge in [-0.3, -0.25) is 0 Å². The highest BCUT2D eigenvalue weighted by Crippen LogP contribution is 2.28. The molecule has 1 heterocycles. The van der Waals surface area contributed by atoms with Crippen LogP contribution in [0.4, 0.5) is 5.69 Å². The predicted molar refractivity (Wildman–Crippen MR) is 79.2 cm³/mol. The maximum atomic E-state index is 12.7. The van der Waals surface area contributed by atoms with E-state index in [1.54, 1.807) is 16.4 Å². The fourth-order valence-corrected chi connectivity index (χ4v) is 3.99. The van der Waals surface area contributed by atoms with Crippen molar-refractivity contribution >= 4 is 15.7 Å². The first kappa shape index (κ1) is 15.1. The smallest absolute Gasteiger partial charge is 0.243 e. The molecule has 1 aromatic carbocycles. The summed E-state index contributed by atoms with van der Waals surface area (Å²) < 4.78 is 32.0. The molecule has 0 amide bonds. The Labute approximate surface area is 120 Å². The summed E-state index contributed by atoms with van der Waals surface area (Å²) in [6, 6.07) is 4.62. The molecule has 112 valence electrons. The lowest BCUT2D eigenvalue weighted by Crippen LogP contribution is -2.32. The van der Waals surface area contributed by atoms with Gasteiger partial charge in [-0.15, -0.1) is 0 Å². The van der Waals surface area contributed by atoms with Crippen molar-refractivity contribution in [3.8, 4) is 5.75 Å². The van der Waals surface area contributed by atoms with Crippen LogP contribution in [0.5, 0.6) is 5.75 Å². The van der Waals surface area contributed by atoms with E-state index in [4.69, 9.17) is 10.5 Å². The van der Waals surface area contributed by atoms with Crippen molar-refractivity contribution in [1.82, 2.24) is 4.31 Å². The fourth-order valence-electron chi connectivity index (χ4n) is 2.48. The minimum absolute atomic E-state index is 0.248. The number of nitrogens with two attached hydrogens (primary N) is 1. The standard InChI is InChI=1S/C14H22N2O3S/c1-11-4-3-8-16(9-7-11)20(17,18)12-5-6-13(15)14(10-12)19-2/h5-6,10-11H,3-4,7-9,15H2,1-2H3. The second kappa shape index (κ2) is 6.01. The van der Waals surface area contributed by atoms with Gasteiger partial charge >= 0.3 is 0 Å². The van der Waals surface area contributed by atoms with Gasteiger partial charge in [0.2, 0.25) is 10.0 Å². The molecule has 0 spiro atoms. The molecular formula is C14H22N2O3S. The second-order valence-corrected chi connectivity index (χ2v) is 7.28. The topological polar surface area (TPSA) is 72.6 Å². The van der Waals surface area contributed by atoms with Gasteiger partial charge in [0.25, 0.3) is 0 Å². The fraction of sp³-hybridized carbons (Fsp3) is 0.571. The number of benzene rings is 1. The number of rotatable bonds is 3. The molecular weight excluding hydrogens is 276 g/mol. The van der Waals surface area contributed by atoms with Crippen LogP contribution in [0, 0.1) is 5.92 Å².